The third-order valence-corrected chi connectivity index (χ3v) is 2.61. The average molecular weight is 195 g/mol. The van der Waals surface area contributed by atoms with Gasteiger partial charge >= 0.3 is 5.97 Å². The largest absolute Gasteiger partial charge is 0.477 e. The van der Waals surface area contributed by atoms with E-state index < -0.39 is 5.97 Å². The highest BCUT2D eigenvalue weighted by molar-refractivity contribution is 7.19. The number of hydrogen-bond donors (Lipinski definition) is 2. The number of hydrogen-bond acceptors (Lipinski definition) is 5. The van der Waals surface area contributed by atoms with Crippen molar-refractivity contribution in [3.8, 4) is 0 Å². The summed E-state index contributed by atoms with van der Waals surface area (Å²) in [7, 11) is 0. The summed E-state index contributed by atoms with van der Waals surface area (Å²) in [6.07, 6.45) is 2.82. The first-order valence-electron chi connectivity index (χ1n) is 3.41. The normalized spacial score (nSPS) is 10.5. The van der Waals surface area contributed by atoms with Crippen LogP contribution in [0.1, 0.15) is 9.67 Å². The summed E-state index contributed by atoms with van der Waals surface area (Å²) in [6, 6.07) is 0. The third kappa shape index (κ3) is 1.11. The number of rotatable bonds is 1. The van der Waals surface area contributed by atoms with E-state index in [2.05, 4.69) is 9.97 Å². The highest BCUT2D eigenvalue weighted by atomic mass is 32.1. The van der Waals surface area contributed by atoms with Crippen molar-refractivity contribution in [2.45, 2.75) is 0 Å². The molecule has 0 amide bonds. The maximum absolute atomic E-state index is 10.7. The molecule has 0 aliphatic rings. The lowest BCUT2D eigenvalue weighted by Gasteiger charge is -1.88. The van der Waals surface area contributed by atoms with Crippen LogP contribution in [0.5, 0.6) is 0 Å². The Kier molecular flexibility index (Phi) is 1.63. The molecule has 0 fully saturated rings. The van der Waals surface area contributed by atoms with E-state index in [9.17, 15) is 4.79 Å². The quantitative estimate of drug-likeness (QED) is 0.707. The molecule has 2 rings (SSSR count). The van der Waals surface area contributed by atoms with Gasteiger partial charge in [0.2, 0.25) is 0 Å². The van der Waals surface area contributed by atoms with Crippen LogP contribution < -0.4 is 5.73 Å². The van der Waals surface area contributed by atoms with Crippen LogP contribution in [0.2, 0.25) is 0 Å². The predicted octanol–water partition coefficient (Wildman–Crippen LogP) is 0.972. The fourth-order valence-electron chi connectivity index (χ4n) is 1.05. The van der Waals surface area contributed by atoms with Crippen LogP contribution in [0, 0.1) is 0 Å². The number of nitrogens with two attached hydrogens (primary N) is 1. The summed E-state index contributed by atoms with van der Waals surface area (Å²) in [6.45, 7) is 0. The molecule has 0 unspecified atom stereocenters. The van der Waals surface area contributed by atoms with Crippen molar-refractivity contribution in [3.63, 3.8) is 0 Å². The first-order chi connectivity index (χ1) is 6.20. The molecule has 0 bridgehead atoms. The second-order valence-corrected chi connectivity index (χ2v) is 3.44. The van der Waals surface area contributed by atoms with Crippen molar-refractivity contribution in [3.05, 3.63) is 17.4 Å². The summed E-state index contributed by atoms with van der Waals surface area (Å²) in [5.74, 6) is -1.01. The number of carboxylic acid groups (broad SMARTS) is 1. The lowest BCUT2D eigenvalue weighted by atomic mass is 10.3. The van der Waals surface area contributed by atoms with Crippen LogP contribution in [0.15, 0.2) is 12.5 Å². The van der Waals surface area contributed by atoms with E-state index in [1.807, 2.05) is 0 Å². The minimum Gasteiger partial charge on any atom is -0.477 e. The van der Waals surface area contributed by atoms with Gasteiger partial charge in [0.1, 0.15) is 16.7 Å². The van der Waals surface area contributed by atoms with Gasteiger partial charge < -0.3 is 10.8 Å². The van der Waals surface area contributed by atoms with E-state index in [0.29, 0.717) is 15.9 Å². The maximum Gasteiger partial charge on any atom is 0.348 e. The lowest BCUT2D eigenvalue weighted by molar-refractivity contribution is 0.0704. The lowest BCUT2D eigenvalue weighted by Crippen LogP contribution is -1.93. The second-order valence-electron chi connectivity index (χ2n) is 2.39. The minimum atomic E-state index is -1.01. The summed E-state index contributed by atoms with van der Waals surface area (Å²) in [4.78, 5) is 18.5. The predicted molar refractivity (Wildman–Crippen MR) is 48.8 cm³/mol. The topological polar surface area (TPSA) is 89.1 Å². The van der Waals surface area contributed by atoms with E-state index in [1.165, 1.54) is 12.5 Å². The first-order valence-corrected chi connectivity index (χ1v) is 4.23. The summed E-state index contributed by atoms with van der Waals surface area (Å²) < 4.78 is 0. The number of anilines is 1. The summed E-state index contributed by atoms with van der Waals surface area (Å²) >= 11 is 1.01. The van der Waals surface area contributed by atoms with E-state index in [0.717, 1.165) is 11.3 Å². The Bertz CT molecular complexity index is 480. The van der Waals surface area contributed by atoms with Gasteiger partial charge in [-0.3, -0.25) is 0 Å². The molecule has 66 valence electrons. The molecule has 6 heteroatoms. The maximum atomic E-state index is 10.7. The van der Waals surface area contributed by atoms with Crippen molar-refractivity contribution < 1.29 is 9.90 Å². The van der Waals surface area contributed by atoms with Gasteiger partial charge in [-0.25, -0.2) is 14.8 Å². The SMILES string of the molecule is Nc1sc(C(=O)O)c2ncncc12. The molecule has 0 saturated heterocycles. The van der Waals surface area contributed by atoms with Crippen molar-refractivity contribution in [1.29, 1.82) is 0 Å². The van der Waals surface area contributed by atoms with Crippen molar-refractivity contribution in [1.82, 2.24) is 9.97 Å². The number of carboxylic acids is 1. The monoisotopic (exact) mass is 195 g/mol. The molecule has 0 aliphatic carbocycles. The molecule has 0 aliphatic heterocycles. The van der Waals surface area contributed by atoms with Gasteiger partial charge in [0.25, 0.3) is 0 Å². The highest BCUT2D eigenvalue weighted by Crippen LogP contribution is 2.30. The first kappa shape index (κ1) is 7.93. The average Bonchev–Trinajstić information content (AvgIpc) is 2.45. The molecule has 0 aromatic carbocycles. The number of thiophene rings is 1. The van der Waals surface area contributed by atoms with Gasteiger partial charge in [0.15, 0.2) is 0 Å². The smallest absolute Gasteiger partial charge is 0.348 e. The molecular weight excluding hydrogens is 190 g/mol. The number of aromatic carboxylic acids is 1. The Morgan fingerprint density at radius 1 is 1.62 bits per heavy atom. The Morgan fingerprint density at radius 3 is 3.08 bits per heavy atom. The number of aromatic nitrogens is 2. The van der Waals surface area contributed by atoms with Gasteiger partial charge in [-0.2, -0.15) is 0 Å². The molecule has 5 nitrogen and oxygen atoms in total. The fourth-order valence-corrected chi connectivity index (χ4v) is 1.87. The number of nitrogens with zero attached hydrogens (tertiary/aromatic N) is 2. The van der Waals surface area contributed by atoms with E-state index in [4.69, 9.17) is 10.8 Å². The minimum absolute atomic E-state index is 0.162. The molecule has 2 heterocycles. The fraction of sp³-hybridized carbons (Fsp3) is 0. The van der Waals surface area contributed by atoms with Crippen LogP contribution in [0.3, 0.4) is 0 Å². The molecule has 0 saturated carbocycles. The second kappa shape index (κ2) is 2.67. The van der Waals surface area contributed by atoms with Crippen molar-refractivity contribution >= 4 is 33.2 Å². The molecule has 2 aromatic heterocycles. The van der Waals surface area contributed by atoms with Gasteiger partial charge in [-0.15, -0.1) is 11.3 Å². The Labute approximate surface area is 76.9 Å². The Balaban J connectivity index is 2.85. The van der Waals surface area contributed by atoms with Crippen LogP contribution >= 0.6 is 11.3 Å². The van der Waals surface area contributed by atoms with Gasteiger partial charge in [-0.1, -0.05) is 0 Å². The Hall–Kier alpha value is -1.69. The van der Waals surface area contributed by atoms with E-state index in [1.54, 1.807) is 0 Å². The zero-order valence-electron chi connectivity index (χ0n) is 6.39. The van der Waals surface area contributed by atoms with Crippen LogP contribution in [0.4, 0.5) is 5.00 Å². The summed E-state index contributed by atoms with van der Waals surface area (Å²) in [5.41, 5.74) is 6.00. The molecule has 13 heavy (non-hydrogen) atoms. The highest BCUT2D eigenvalue weighted by Gasteiger charge is 2.15. The van der Waals surface area contributed by atoms with Crippen molar-refractivity contribution in [2.75, 3.05) is 5.73 Å². The van der Waals surface area contributed by atoms with Crippen molar-refractivity contribution in [2.24, 2.45) is 0 Å². The third-order valence-electron chi connectivity index (χ3n) is 1.60. The Morgan fingerprint density at radius 2 is 2.38 bits per heavy atom. The molecular formula is C7H5N3O2S. The van der Waals surface area contributed by atoms with E-state index >= 15 is 0 Å². The standard InChI is InChI=1S/C7H5N3O2S/c8-6-3-1-9-2-10-4(3)5(13-6)7(11)12/h1-2H,8H2,(H,11,12). The van der Waals surface area contributed by atoms with Gasteiger partial charge in [0.05, 0.1) is 10.4 Å². The number of fused-ring (bicyclic) bond motifs is 1. The molecule has 3 N–H and O–H groups in total. The van der Waals surface area contributed by atoms with Crippen LogP contribution in [-0.4, -0.2) is 21.0 Å². The van der Waals surface area contributed by atoms with Gasteiger partial charge in [0, 0.05) is 6.20 Å². The van der Waals surface area contributed by atoms with E-state index in [-0.39, 0.29) is 4.88 Å². The summed E-state index contributed by atoms with van der Waals surface area (Å²) in [5, 5.41) is 9.83. The zero-order chi connectivity index (χ0) is 9.42. The molecule has 0 atom stereocenters. The molecule has 2 aromatic rings. The molecule has 0 spiro atoms. The zero-order valence-corrected chi connectivity index (χ0v) is 7.21. The molecule has 0 radical (unpaired) electrons. The number of nitrogen functional groups attached to an aromatic ring is 1. The number of carbonyl (C=O) groups is 1. The van der Waals surface area contributed by atoms with Crippen LogP contribution in [0.25, 0.3) is 10.9 Å². The van der Waals surface area contributed by atoms with Crippen LogP contribution in [-0.2, 0) is 0 Å². The van der Waals surface area contributed by atoms with Gasteiger partial charge in [-0.05, 0) is 0 Å².